The average molecular weight is 493 g/mol. The number of benzene rings is 1. The lowest BCUT2D eigenvalue weighted by atomic mass is 10.1. The van der Waals surface area contributed by atoms with Gasteiger partial charge in [-0.3, -0.25) is 14.4 Å². The van der Waals surface area contributed by atoms with Crippen molar-refractivity contribution in [2.75, 3.05) is 39.3 Å². The summed E-state index contributed by atoms with van der Waals surface area (Å²) in [5, 5.41) is 4.86. The minimum Gasteiger partial charge on any atom is -0.494 e. The molecule has 0 bridgehead atoms. The first-order valence-corrected chi connectivity index (χ1v) is 10.8. The van der Waals surface area contributed by atoms with E-state index in [0.717, 1.165) is 18.4 Å². The summed E-state index contributed by atoms with van der Waals surface area (Å²) in [5.41, 5.74) is 0.599. The molecule has 2 N–H and O–H groups in total. The van der Waals surface area contributed by atoms with Gasteiger partial charge in [0.25, 0.3) is 11.8 Å². The van der Waals surface area contributed by atoms with Crippen LogP contribution in [0.2, 0.25) is 0 Å². The second kappa shape index (κ2) is 12.3. The molecule has 0 atom stereocenters. The van der Waals surface area contributed by atoms with E-state index in [-0.39, 0.29) is 21.0 Å². The maximum atomic E-state index is 12.2. The summed E-state index contributed by atoms with van der Waals surface area (Å²) in [4.78, 5) is 60.4. The first kappa shape index (κ1) is 26.3. The minimum atomic E-state index is -0.847. The maximum absolute atomic E-state index is 12.2. The third-order valence-corrected chi connectivity index (χ3v) is 5.53. The Hall–Kier alpha value is -3.93. The first-order chi connectivity index (χ1) is 16.2. The number of methoxy groups -OCH3 is 2. The van der Waals surface area contributed by atoms with Crippen molar-refractivity contribution in [3.05, 3.63) is 45.8 Å². The first-order valence-electron chi connectivity index (χ1n) is 9.98. The van der Waals surface area contributed by atoms with Crippen molar-refractivity contribution in [3.8, 4) is 5.75 Å². The van der Waals surface area contributed by atoms with Crippen LogP contribution < -0.4 is 15.4 Å². The van der Waals surface area contributed by atoms with Gasteiger partial charge in [0.15, 0.2) is 6.61 Å². The van der Waals surface area contributed by atoms with Gasteiger partial charge in [0.1, 0.15) is 22.2 Å². The normalized spacial score (nSPS) is 10.1. The molecule has 1 heterocycles. The molecule has 0 saturated carbocycles. The van der Waals surface area contributed by atoms with Gasteiger partial charge in [-0.05, 0) is 43.7 Å². The van der Waals surface area contributed by atoms with Crippen LogP contribution in [0, 0.1) is 6.92 Å². The third kappa shape index (κ3) is 6.78. The number of rotatable bonds is 10. The van der Waals surface area contributed by atoms with Crippen LogP contribution in [0.1, 0.15) is 42.9 Å². The van der Waals surface area contributed by atoms with Crippen LogP contribution in [0.25, 0.3) is 0 Å². The van der Waals surface area contributed by atoms with E-state index in [1.165, 1.54) is 14.0 Å². The van der Waals surface area contributed by atoms with E-state index >= 15 is 0 Å². The quantitative estimate of drug-likeness (QED) is 0.375. The number of carbonyl (C=O) groups excluding carboxylic acids is 5. The Bertz CT molecular complexity index is 1080. The molecule has 0 saturated heterocycles. The Balaban J connectivity index is 1.91. The van der Waals surface area contributed by atoms with Gasteiger partial charge in [0, 0.05) is 5.56 Å². The highest BCUT2D eigenvalue weighted by Crippen LogP contribution is 2.34. The highest BCUT2D eigenvalue weighted by atomic mass is 32.1. The molecule has 0 spiro atoms. The fourth-order valence-corrected chi connectivity index (χ4v) is 3.85. The van der Waals surface area contributed by atoms with Crippen molar-refractivity contribution >= 4 is 46.1 Å². The second-order valence-electron chi connectivity index (χ2n) is 6.59. The van der Waals surface area contributed by atoms with E-state index in [2.05, 4.69) is 15.4 Å². The van der Waals surface area contributed by atoms with Crippen LogP contribution in [-0.2, 0) is 23.8 Å². The van der Waals surface area contributed by atoms with Gasteiger partial charge in [-0.15, -0.1) is 11.3 Å². The molecule has 1 aromatic carbocycles. The Morgan fingerprint density at radius 3 is 2.21 bits per heavy atom. The Morgan fingerprint density at radius 2 is 1.62 bits per heavy atom. The van der Waals surface area contributed by atoms with Crippen molar-refractivity contribution in [3.63, 3.8) is 0 Å². The predicted molar refractivity (Wildman–Crippen MR) is 121 cm³/mol. The molecule has 182 valence electrons. The molecule has 34 heavy (non-hydrogen) atoms. The Kier molecular flexibility index (Phi) is 9.56. The van der Waals surface area contributed by atoms with Crippen molar-refractivity contribution < 1.29 is 42.9 Å². The zero-order valence-corrected chi connectivity index (χ0v) is 19.8. The fraction of sp³-hybridized carbons (Fsp3) is 0.318. The smallest absolute Gasteiger partial charge is 0.348 e. The molecule has 0 radical (unpaired) electrons. The van der Waals surface area contributed by atoms with E-state index in [0.29, 0.717) is 17.9 Å². The van der Waals surface area contributed by atoms with Crippen LogP contribution in [0.3, 0.4) is 0 Å². The number of thiophene rings is 1. The Labute approximate surface area is 199 Å². The molecule has 0 unspecified atom stereocenters. The van der Waals surface area contributed by atoms with Gasteiger partial charge in [-0.1, -0.05) is 0 Å². The average Bonchev–Trinajstić information content (AvgIpc) is 3.16. The summed E-state index contributed by atoms with van der Waals surface area (Å²) in [6.45, 7) is 2.71. The van der Waals surface area contributed by atoms with E-state index in [4.69, 9.17) is 14.2 Å². The lowest BCUT2D eigenvalue weighted by molar-refractivity contribution is -0.146. The van der Waals surface area contributed by atoms with Gasteiger partial charge in [-0.25, -0.2) is 9.59 Å². The number of amides is 2. The highest BCUT2D eigenvalue weighted by Gasteiger charge is 2.27. The zero-order chi connectivity index (χ0) is 25.3. The van der Waals surface area contributed by atoms with Gasteiger partial charge < -0.3 is 29.6 Å². The minimum absolute atomic E-state index is 0.00445. The molecular formula is C22H24N2O9S. The van der Waals surface area contributed by atoms with Gasteiger partial charge >= 0.3 is 17.9 Å². The topological polar surface area (TPSA) is 146 Å². The molecule has 0 fully saturated rings. The van der Waals surface area contributed by atoms with E-state index in [1.54, 1.807) is 24.3 Å². The molecule has 0 aliphatic rings. The molecule has 2 rings (SSSR count). The van der Waals surface area contributed by atoms with E-state index < -0.39 is 42.9 Å². The number of hydrogen-bond donors (Lipinski definition) is 2. The number of esters is 3. The lowest BCUT2D eigenvalue weighted by Crippen LogP contribution is -2.32. The maximum Gasteiger partial charge on any atom is 0.348 e. The van der Waals surface area contributed by atoms with Crippen LogP contribution in [0.15, 0.2) is 24.3 Å². The SMILES string of the molecule is CCOc1ccc(C(=O)NCC(=O)OCC(=O)Nc2sc(C(=O)OC)c(C)c2C(=O)OC)cc1. The third-order valence-electron chi connectivity index (χ3n) is 4.35. The van der Waals surface area contributed by atoms with Crippen LogP contribution in [-0.4, -0.2) is 63.7 Å². The molecule has 2 amide bonds. The Morgan fingerprint density at radius 1 is 0.971 bits per heavy atom. The summed E-state index contributed by atoms with van der Waals surface area (Å²) < 4.78 is 19.5. The summed E-state index contributed by atoms with van der Waals surface area (Å²) in [6, 6.07) is 6.34. The summed E-state index contributed by atoms with van der Waals surface area (Å²) in [5.74, 6) is -2.93. The van der Waals surface area contributed by atoms with Crippen molar-refractivity contribution in [2.24, 2.45) is 0 Å². The summed E-state index contributed by atoms with van der Waals surface area (Å²) in [7, 11) is 2.35. The van der Waals surface area contributed by atoms with Crippen LogP contribution in [0.4, 0.5) is 5.00 Å². The molecule has 0 aliphatic carbocycles. The van der Waals surface area contributed by atoms with Crippen molar-refractivity contribution in [1.29, 1.82) is 0 Å². The standard InChI is InChI=1S/C22H24N2O9S/c1-5-32-14-8-6-13(7-9-14)19(27)23-10-16(26)33-11-15(25)24-20-17(21(28)30-3)12(2)18(34-20)22(29)31-4/h6-9H,5,10-11H2,1-4H3,(H,23,27)(H,24,25). The molecule has 11 nitrogen and oxygen atoms in total. The molecule has 0 aliphatic heterocycles. The zero-order valence-electron chi connectivity index (χ0n) is 19.0. The van der Waals surface area contributed by atoms with Gasteiger partial charge in [0.05, 0.1) is 26.4 Å². The van der Waals surface area contributed by atoms with Gasteiger partial charge in [0.2, 0.25) is 0 Å². The second-order valence-corrected chi connectivity index (χ2v) is 7.61. The van der Waals surface area contributed by atoms with Crippen molar-refractivity contribution in [1.82, 2.24) is 5.32 Å². The highest BCUT2D eigenvalue weighted by molar-refractivity contribution is 7.18. The number of anilines is 1. The fourth-order valence-electron chi connectivity index (χ4n) is 2.72. The molecule has 1 aromatic heterocycles. The van der Waals surface area contributed by atoms with Crippen molar-refractivity contribution in [2.45, 2.75) is 13.8 Å². The number of ether oxygens (including phenoxy) is 4. The molecular weight excluding hydrogens is 468 g/mol. The van der Waals surface area contributed by atoms with E-state index in [9.17, 15) is 24.0 Å². The monoisotopic (exact) mass is 492 g/mol. The van der Waals surface area contributed by atoms with Crippen LogP contribution >= 0.6 is 11.3 Å². The molecule has 12 heteroatoms. The number of carbonyl (C=O) groups is 5. The number of hydrogen-bond acceptors (Lipinski definition) is 10. The largest absolute Gasteiger partial charge is 0.494 e. The van der Waals surface area contributed by atoms with E-state index in [1.807, 2.05) is 6.92 Å². The van der Waals surface area contributed by atoms with Crippen LogP contribution in [0.5, 0.6) is 5.75 Å². The number of nitrogens with one attached hydrogen (secondary N) is 2. The lowest BCUT2D eigenvalue weighted by Gasteiger charge is -2.08. The van der Waals surface area contributed by atoms with Gasteiger partial charge in [-0.2, -0.15) is 0 Å². The summed E-state index contributed by atoms with van der Waals surface area (Å²) >= 11 is 0.827. The predicted octanol–water partition coefficient (Wildman–Crippen LogP) is 1.94. The summed E-state index contributed by atoms with van der Waals surface area (Å²) in [6.07, 6.45) is 0. The molecule has 2 aromatic rings.